The summed E-state index contributed by atoms with van der Waals surface area (Å²) in [5.74, 6) is -1.19. The molecule has 0 radical (unpaired) electrons. The number of hydrogen-bond donors (Lipinski definition) is 1. The molecule has 0 saturated carbocycles. The summed E-state index contributed by atoms with van der Waals surface area (Å²) < 4.78 is 1.27. The number of benzene rings is 1. The quantitative estimate of drug-likeness (QED) is 0.840. The van der Waals surface area contributed by atoms with E-state index in [0.717, 1.165) is 0 Å². The molecule has 0 saturated heterocycles. The highest BCUT2D eigenvalue weighted by Crippen LogP contribution is 2.17. The Bertz CT molecular complexity index is 495. The van der Waals surface area contributed by atoms with E-state index in [1.54, 1.807) is 24.3 Å². The second-order valence-corrected chi connectivity index (χ2v) is 3.14. The highest BCUT2D eigenvalue weighted by molar-refractivity contribution is 6.32. The maximum Gasteiger partial charge on any atom is 0.359 e. The molecule has 0 atom stereocenters. The van der Waals surface area contributed by atoms with Gasteiger partial charge in [0.25, 0.3) is 0 Å². The zero-order chi connectivity index (χ0) is 10.8. The number of halogens is 1. The normalized spacial score (nSPS) is 10.2. The average Bonchev–Trinajstić information content (AvgIpc) is 2.61. The van der Waals surface area contributed by atoms with Crippen LogP contribution in [0.3, 0.4) is 0 Å². The van der Waals surface area contributed by atoms with E-state index >= 15 is 0 Å². The average molecular weight is 224 g/mol. The fraction of sp³-hybridized carbons (Fsp3) is 0. The first-order valence-electron chi connectivity index (χ1n) is 4.10. The van der Waals surface area contributed by atoms with Gasteiger partial charge in [0.15, 0.2) is 5.15 Å². The Hall–Kier alpha value is -1.88. The lowest BCUT2D eigenvalue weighted by Gasteiger charge is -1.99. The SMILES string of the molecule is O=C(O)c1nnn(-c2ccccc2)c1Cl. The maximum absolute atomic E-state index is 10.7. The third-order valence-electron chi connectivity index (χ3n) is 1.82. The van der Waals surface area contributed by atoms with E-state index in [1.165, 1.54) is 4.68 Å². The molecule has 0 fully saturated rings. The number of hydrogen-bond acceptors (Lipinski definition) is 3. The van der Waals surface area contributed by atoms with Crippen molar-refractivity contribution in [1.82, 2.24) is 15.0 Å². The van der Waals surface area contributed by atoms with Gasteiger partial charge in [-0.15, -0.1) is 5.10 Å². The molecule has 2 rings (SSSR count). The van der Waals surface area contributed by atoms with Crippen molar-refractivity contribution in [3.63, 3.8) is 0 Å². The van der Waals surface area contributed by atoms with Crippen LogP contribution in [0.2, 0.25) is 5.15 Å². The molecule has 0 unspecified atom stereocenters. The van der Waals surface area contributed by atoms with E-state index in [1.807, 2.05) is 6.07 Å². The summed E-state index contributed by atoms with van der Waals surface area (Å²) in [7, 11) is 0. The van der Waals surface area contributed by atoms with Crippen molar-refractivity contribution in [2.24, 2.45) is 0 Å². The van der Waals surface area contributed by atoms with Gasteiger partial charge in [-0.25, -0.2) is 9.48 Å². The molecule has 5 nitrogen and oxygen atoms in total. The van der Waals surface area contributed by atoms with E-state index in [2.05, 4.69) is 10.3 Å². The number of carboxylic acids is 1. The molecule has 2 aromatic rings. The van der Waals surface area contributed by atoms with Crippen LogP contribution in [0.1, 0.15) is 10.5 Å². The summed E-state index contributed by atoms with van der Waals surface area (Å²) in [5.41, 5.74) is 0.419. The van der Waals surface area contributed by atoms with E-state index in [-0.39, 0.29) is 10.8 Å². The Morgan fingerprint density at radius 1 is 1.33 bits per heavy atom. The highest BCUT2D eigenvalue weighted by Gasteiger charge is 2.17. The third-order valence-corrected chi connectivity index (χ3v) is 2.16. The zero-order valence-corrected chi connectivity index (χ0v) is 8.22. The van der Waals surface area contributed by atoms with Gasteiger partial charge in [0.1, 0.15) is 0 Å². The lowest BCUT2D eigenvalue weighted by atomic mass is 10.3. The van der Waals surface area contributed by atoms with Crippen molar-refractivity contribution in [3.8, 4) is 5.69 Å². The first kappa shape index (κ1) is 9.67. The Morgan fingerprint density at radius 3 is 2.53 bits per heavy atom. The molecule has 0 bridgehead atoms. The largest absolute Gasteiger partial charge is 0.476 e. The van der Waals surface area contributed by atoms with Gasteiger partial charge in [-0.1, -0.05) is 35.0 Å². The number of rotatable bonds is 2. The van der Waals surface area contributed by atoms with Crippen molar-refractivity contribution in [3.05, 3.63) is 41.2 Å². The molecular weight excluding hydrogens is 218 g/mol. The number of aromatic carboxylic acids is 1. The van der Waals surface area contributed by atoms with E-state index in [4.69, 9.17) is 16.7 Å². The van der Waals surface area contributed by atoms with Crippen LogP contribution in [0.25, 0.3) is 5.69 Å². The minimum absolute atomic E-state index is 0.00583. The standard InChI is InChI=1S/C9H6ClN3O2/c10-8-7(9(14)15)11-12-13(8)6-4-2-1-3-5-6/h1-5H,(H,14,15). The monoisotopic (exact) mass is 223 g/mol. The molecule has 0 aliphatic rings. The van der Waals surface area contributed by atoms with Crippen LogP contribution < -0.4 is 0 Å². The molecule has 1 aromatic heterocycles. The molecule has 1 aromatic carbocycles. The molecule has 6 heteroatoms. The van der Waals surface area contributed by atoms with Crippen molar-refractivity contribution >= 4 is 17.6 Å². The second kappa shape index (κ2) is 3.70. The van der Waals surface area contributed by atoms with E-state index < -0.39 is 5.97 Å². The van der Waals surface area contributed by atoms with Crippen LogP contribution in [-0.4, -0.2) is 26.1 Å². The Labute approximate surface area is 89.9 Å². The van der Waals surface area contributed by atoms with Gasteiger partial charge in [-0.05, 0) is 12.1 Å². The minimum atomic E-state index is -1.19. The maximum atomic E-state index is 10.7. The van der Waals surface area contributed by atoms with Crippen molar-refractivity contribution in [2.45, 2.75) is 0 Å². The summed E-state index contributed by atoms with van der Waals surface area (Å²) in [6.07, 6.45) is 0. The highest BCUT2D eigenvalue weighted by atomic mass is 35.5. The summed E-state index contributed by atoms with van der Waals surface area (Å²) in [5, 5.41) is 15.9. The van der Waals surface area contributed by atoms with Crippen LogP contribution >= 0.6 is 11.6 Å². The molecule has 15 heavy (non-hydrogen) atoms. The second-order valence-electron chi connectivity index (χ2n) is 2.78. The van der Waals surface area contributed by atoms with Crippen LogP contribution in [0.15, 0.2) is 30.3 Å². The van der Waals surface area contributed by atoms with Gasteiger partial charge in [-0.2, -0.15) is 0 Å². The van der Waals surface area contributed by atoms with Crippen molar-refractivity contribution in [1.29, 1.82) is 0 Å². The van der Waals surface area contributed by atoms with Gasteiger partial charge in [0.2, 0.25) is 5.69 Å². The van der Waals surface area contributed by atoms with Crippen molar-refractivity contribution < 1.29 is 9.90 Å². The van der Waals surface area contributed by atoms with Gasteiger partial charge in [0.05, 0.1) is 5.69 Å². The molecule has 1 heterocycles. The van der Waals surface area contributed by atoms with Crippen LogP contribution in [-0.2, 0) is 0 Å². The molecule has 0 amide bonds. The molecule has 0 aliphatic heterocycles. The summed E-state index contributed by atoms with van der Waals surface area (Å²) >= 11 is 5.81. The molecule has 0 spiro atoms. The molecule has 76 valence electrons. The van der Waals surface area contributed by atoms with Gasteiger partial charge in [0, 0.05) is 0 Å². The van der Waals surface area contributed by atoms with E-state index in [9.17, 15) is 4.79 Å². The van der Waals surface area contributed by atoms with Crippen LogP contribution in [0.4, 0.5) is 0 Å². The van der Waals surface area contributed by atoms with Gasteiger partial charge in [-0.3, -0.25) is 0 Å². The number of aromatic nitrogens is 3. The number of carbonyl (C=O) groups is 1. The topological polar surface area (TPSA) is 68.0 Å². The van der Waals surface area contributed by atoms with Gasteiger partial charge >= 0.3 is 5.97 Å². The molecule has 0 aliphatic carbocycles. The fourth-order valence-corrected chi connectivity index (χ4v) is 1.39. The first-order chi connectivity index (χ1) is 7.20. The fourth-order valence-electron chi connectivity index (χ4n) is 1.14. The van der Waals surface area contributed by atoms with E-state index in [0.29, 0.717) is 5.69 Å². The lowest BCUT2D eigenvalue weighted by Crippen LogP contribution is -1.99. The van der Waals surface area contributed by atoms with Gasteiger partial charge < -0.3 is 5.11 Å². The third kappa shape index (κ3) is 1.69. The Morgan fingerprint density at radius 2 is 2.00 bits per heavy atom. The molecule has 1 N–H and O–H groups in total. The number of para-hydroxylation sites is 1. The zero-order valence-electron chi connectivity index (χ0n) is 7.46. The van der Waals surface area contributed by atoms with Crippen LogP contribution in [0.5, 0.6) is 0 Å². The number of nitrogens with zero attached hydrogens (tertiary/aromatic N) is 3. The number of carboxylic acid groups (broad SMARTS) is 1. The smallest absolute Gasteiger partial charge is 0.359 e. The summed E-state index contributed by atoms with van der Waals surface area (Å²) in [6.45, 7) is 0. The van der Waals surface area contributed by atoms with Crippen molar-refractivity contribution in [2.75, 3.05) is 0 Å². The predicted octanol–water partition coefficient (Wildman–Crippen LogP) is 1.62. The Balaban J connectivity index is 2.52. The Kier molecular flexibility index (Phi) is 2.39. The predicted molar refractivity (Wildman–Crippen MR) is 53.3 cm³/mol. The first-order valence-corrected chi connectivity index (χ1v) is 4.48. The van der Waals surface area contributed by atoms with Crippen LogP contribution in [0, 0.1) is 0 Å². The molecular formula is C9H6ClN3O2. The minimum Gasteiger partial charge on any atom is -0.476 e. The summed E-state index contributed by atoms with van der Waals surface area (Å²) in [6, 6.07) is 8.95. The summed E-state index contributed by atoms with van der Waals surface area (Å²) in [4.78, 5) is 10.7. The lowest BCUT2D eigenvalue weighted by molar-refractivity contribution is 0.0690.